The highest BCUT2D eigenvalue weighted by atomic mass is 32.1. The molecule has 4 heteroatoms. The number of hydrogen-bond donors (Lipinski definition) is 1. The van der Waals surface area contributed by atoms with Gasteiger partial charge in [0.15, 0.2) is 0 Å². The Balaban J connectivity index is 1.87. The van der Waals surface area contributed by atoms with Crippen LogP contribution >= 0.6 is 11.3 Å². The lowest BCUT2D eigenvalue weighted by Gasteiger charge is -2.26. The van der Waals surface area contributed by atoms with Crippen molar-refractivity contribution in [1.29, 1.82) is 0 Å². The second-order valence-corrected chi connectivity index (χ2v) is 7.88. The van der Waals surface area contributed by atoms with Crippen molar-refractivity contribution in [2.75, 3.05) is 13.1 Å². The molecule has 1 saturated carbocycles. The molecular weight excluding hydrogens is 254 g/mol. The number of thiazole rings is 1. The zero-order chi connectivity index (χ0) is 13.6. The summed E-state index contributed by atoms with van der Waals surface area (Å²) in [5.41, 5.74) is 7.42. The highest BCUT2D eigenvalue weighted by Gasteiger charge is 2.43. The third-order valence-corrected chi connectivity index (χ3v) is 5.63. The molecule has 0 spiro atoms. The molecule has 2 atom stereocenters. The maximum Gasteiger partial charge on any atom is 0.0982 e. The van der Waals surface area contributed by atoms with Crippen molar-refractivity contribution in [3.63, 3.8) is 0 Å². The Labute approximate surface area is 120 Å². The van der Waals surface area contributed by atoms with Gasteiger partial charge in [-0.25, -0.2) is 4.98 Å². The van der Waals surface area contributed by atoms with E-state index in [1.54, 1.807) is 0 Å². The molecule has 1 aliphatic carbocycles. The van der Waals surface area contributed by atoms with Gasteiger partial charge in [-0.2, -0.15) is 0 Å². The highest BCUT2D eigenvalue weighted by Crippen LogP contribution is 2.44. The van der Waals surface area contributed by atoms with Crippen LogP contribution in [0.25, 0.3) is 0 Å². The van der Waals surface area contributed by atoms with Gasteiger partial charge in [0.1, 0.15) is 0 Å². The third kappa shape index (κ3) is 2.58. The summed E-state index contributed by atoms with van der Waals surface area (Å²) < 4.78 is 0. The second kappa shape index (κ2) is 4.83. The fourth-order valence-corrected chi connectivity index (χ4v) is 4.06. The van der Waals surface area contributed by atoms with E-state index in [1.807, 2.05) is 11.3 Å². The molecule has 2 aliphatic rings. The predicted molar refractivity (Wildman–Crippen MR) is 80.4 cm³/mol. The second-order valence-electron chi connectivity index (χ2n) is 7.03. The molecule has 2 unspecified atom stereocenters. The largest absolute Gasteiger partial charge is 0.330 e. The maximum atomic E-state index is 5.99. The molecule has 1 saturated heterocycles. The van der Waals surface area contributed by atoms with Gasteiger partial charge in [0.05, 0.1) is 16.7 Å². The van der Waals surface area contributed by atoms with Crippen LogP contribution in [0.4, 0.5) is 0 Å². The minimum Gasteiger partial charge on any atom is -0.330 e. The van der Waals surface area contributed by atoms with Gasteiger partial charge in [-0.3, -0.25) is 4.90 Å². The van der Waals surface area contributed by atoms with Crippen molar-refractivity contribution in [3.05, 3.63) is 16.1 Å². The van der Waals surface area contributed by atoms with Gasteiger partial charge >= 0.3 is 0 Å². The summed E-state index contributed by atoms with van der Waals surface area (Å²) in [6.07, 6.45) is 3.97. The summed E-state index contributed by atoms with van der Waals surface area (Å²) in [6, 6.07) is 1.28. The van der Waals surface area contributed by atoms with Crippen molar-refractivity contribution in [2.45, 2.75) is 57.5 Å². The van der Waals surface area contributed by atoms with E-state index >= 15 is 0 Å². The van der Waals surface area contributed by atoms with Crippen molar-refractivity contribution in [1.82, 2.24) is 9.88 Å². The number of nitrogens with zero attached hydrogens (tertiary/aromatic N) is 2. The topological polar surface area (TPSA) is 42.1 Å². The maximum absolute atomic E-state index is 5.99. The van der Waals surface area contributed by atoms with Gasteiger partial charge in [-0.15, -0.1) is 11.3 Å². The molecule has 1 aromatic rings. The highest BCUT2D eigenvalue weighted by molar-refractivity contribution is 7.09. The monoisotopic (exact) mass is 279 g/mol. The molecule has 1 aliphatic heterocycles. The quantitative estimate of drug-likeness (QED) is 0.925. The van der Waals surface area contributed by atoms with Gasteiger partial charge in [-0.1, -0.05) is 20.8 Å². The fourth-order valence-electron chi connectivity index (χ4n) is 3.12. The van der Waals surface area contributed by atoms with Crippen LogP contribution in [-0.2, 0) is 5.41 Å². The fraction of sp³-hybridized carbons (Fsp3) is 0.800. The summed E-state index contributed by atoms with van der Waals surface area (Å²) >= 11 is 1.81. The summed E-state index contributed by atoms with van der Waals surface area (Å²) in [6.45, 7) is 8.71. The van der Waals surface area contributed by atoms with Gasteiger partial charge in [0.25, 0.3) is 0 Å². The number of nitrogens with two attached hydrogens (primary N) is 1. The first-order valence-corrected chi connectivity index (χ1v) is 8.30. The van der Waals surface area contributed by atoms with E-state index in [0.717, 1.165) is 12.6 Å². The van der Waals surface area contributed by atoms with Crippen molar-refractivity contribution in [2.24, 2.45) is 11.7 Å². The van der Waals surface area contributed by atoms with Crippen LogP contribution in [0.2, 0.25) is 0 Å². The number of rotatable bonds is 3. The summed E-state index contributed by atoms with van der Waals surface area (Å²) in [4.78, 5) is 7.61. The Morgan fingerprint density at radius 1 is 1.37 bits per heavy atom. The van der Waals surface area contributed by atoms with E-state index < -0.39 is 0 Å². The predicted octanol–water partition coefficient (Wildman–Crippen LogP) is 2.92. The van der Waals surface area contributed by atoms with Gasteiger partial charge in [0.2, 0.25) is 0 Å². The van der Waals surface area contributed by atoms with Gasteiger partial charge < -0.3 is 5.73 Å². The number of hydrogen-bond acceptors (Lipinski definition) is 4. The minimum atomic E-state index is 0.157. The molecule has 0 amide bonds. The van der Waals surface area contributed by atoms with E-state index in [1.165, 1.54) is 36.5 Å². The summed E-state index contributed by atoms with van der Waals surface area (Å²) in [5, 5.41) is 3.52. The minimum absolute atomic E-state index is 0.157. The Morgan fingerprint density at radius 2 is 2.11 bits per heavy atom. The van der Waals surface area contributed by atoms with E-state index in [9.17, 15) is 0 Å². The first-order valence-electron chi connectivity index (χ1n) is 7.42. The Bertz CT molecular complexity index is 444. The van der Waals surface area contributed by atoms with Crippen LogP contribution in [0.3, 0.4) is 0 Å². The first-order chi connectivity index (χ1) is 9.00. The zero-order valence-electron chi connectivity index (χ0n) is 12.2. The summed E-state index contributed by atoms with van der Waals surface area (Å²) in [5.74, 6) is 0.593. The van der Waals surface area contributed by atoms with Crippen LogP contribution < -0.4 is 5.73 Å². The standard InChI is InChI=1S/C15H25N3S/c1-15(2,3)14-17-12(9-19-14)13-10(8-16)6-7-18(13)11-4-5-11/h9-11,13H,4-8,16H2,1-3H3. The molecule has 2 N–H and O–H groups in total. The molecule has 3 nitrogen and oxygen atoms in total. The Kier molecular flexibility index (Phi) is 3.44. The Morgan fingerprint density at radius 3 is 2.63 bits per heavy atom. The summed E-state index contributed by atoms with van der Waals surface area (Å²) in [7, 11) is 0. The van der Waals surface area contributed by atoms with Crippen molar-refractivity contribution >= 4 is 11.3 Å². The van der Waals surface area contributed by atoms with Crippen LogP contribution in [0.5, 0.6) is 0 Å². The molecule has 106 valence electrons. The zero-order valence-corrected chi connectivity index (χ0v) is 13.0. The van der Waals surface area contributed by atoms with E-state index in [0.29, 0.717) is 12.0 Å². The van der Waals surface area contributed by atoms with Gasteiger partial charge in [-0.05, 0) is 38.3 Å². The lowest BCUT2D eigenvalue weighted by molar-refractivity contribution is 0.216. The molecule has 3 rings (SSSR count). The molecule has 2 heterocycles. The normalized spacial score (nSPS) is 29.1. The SMILES string of the molecule is CC(C)(C)c1nc(C2C(CN)CCN2C2CC2)cs1. The average molecular weight is 279 g/mol. The van der Waals surface area contributed by atoms with E-state index in [2.05, 4.69) is 31.1 Å². The number of likely N-dealkylation sites (tertiary alicyclic amines) is 1. The van der Waals surface area contributed by atoms with Crippen molar-refractivity contribution < 1.29 is 0 Å². The van der Waals surface area contributed by atoms with Crippen LogP contribution in [0, 0.1) is 5.92 Å². The molecule has 0 aromatic carbocycles. The van der Waals surface area contributed by atoms with Crippen molar-refractivity contribution in [3.8, 4) is 0 Å². The molecule has 19 heavy (non-hydrogen) atoms. The average Bonchev–Trinajstić information content (AvgIpc) is 2.93. The van der Waals surface area contributed by atoms with Crippen LogP contribution in [-0.4, -0.2) is 29.0 Å². The molecule has 1 aromatic heterocycles. The lowest BCUT2D eigenvalue weighted by Crippen LogP contribution is -2.30. The molecular formula is C15H25N3S. The molecule has 0 bridgehead atoms. The van der Waals surface area contributed by atoms with Crippen LogP contribution in [0.15, 0.2) is 5.38 Å². The van der Waals surface area contributed by atoms with E-state index in [-0.39, 0.29) is 5.41 Å². The first kappa shape index (κ1) is 13.5. The number of aromatic nitrogens is 1. The van der Waals surface area contributed by atoms with Crippen LogP contribution in [0.1, 0.15) is 56.8 Å². The lowest BCUT2D eigenvalue weighted by atomic mass is 9.96. The van der Waals surface area contributed by atoms with Gasteiger partial charge in [0, 0.05) is 16.8 Å². The van der Waals surface area contributed by atoms with E-state index in [4.69, 9.17) is 10.7 Å². The molecule has 2 fully saturated rings. The Hall–Kier alpha value is -0.450. The smallest absolute Gasteiger partial charge is 0.0982 e. The third-order valence-electron chi connectivity index (χ3n) is 4.35. The molecule has 0 radical (unpaired) electrons.